The van der Waals surface area contributed by atoms with Gasteiger partial charge in [0.15, 0.2) is 0 Å². The first-order valence-electron chi connectivity index (χ1n) is 24.7. The van der Waals surface area contributed by atoms with Crippen molar-refractivity contribution in [3.8, 4) is 17.1 Å². The molecule has 3 heterocycles. The monoisotopic (exact) mass is 943 g/mol. The zero-order valence-electron chi connectivity index (χ0n) is 43.5. The summed E-state index contributed by atoms with van der Waals surface area (Å²) in [6, 6.07) is 15.8. The van der Waals surface area contributed by atoms with Crippen molar-refractivity contribution in [1.29, 1.82) is 0 Å². The molecule has 0 atom stereocenters. The standard InChI is InChI=1S/C21H25N2.C17H23N2.C13H21N2.3C2H4O2/c1-14-9-16(3)20(17(4)10-14)22-7-8-23(13-22)21-18(5)11-15(2)12-19(21)6;1-13-10-14(2)17(15(3)11-13)19-9-8-18(12-19)16-6-4-5-7-16;1-2-6-12(5-1)14-9-10-15(11-14)13-7-3-4-8-13;3*1-2(3)4/h7-13H,1-6H3;8-12,16H,4-7H2,1-3H3;9-13H,1-8H2;3*1H3,(H,3,4)/q3*+1;;;/p-3. The van der Waals surface area contributed by atoms with Crippen LogP contribution in [0.5, 0.6) is 0 Å². The number of aryl methyl sites for hydroxylation is 9. The maximum Gasteiger partial charge on any atom is 0.254 e. The molecule has 69 heavy (non-hydrogen) atoms. The molecule has 0 saturated heterocycles. The third-order valence-electron chi connectivity index (χ3n) is 12.9. The quantitative estimate of drug-likeness (QED) is 0.157. The summed E-state index contributed by atoms with van der Waals surface area (Å²) in [5.41, 5.74) is 15.8. The van der Waals surface area contributed by atoms with E-state index in [1.165, 1.54) is 144 Å². The first kappa shape index (κ1) is 55.3. The van der Waals surface area contributed by atoms with Crippen LogP contribution in [0.15, 0.2) is 92.6 Å². The minimum Gasteiger partial charge on any atom is -0.550 e. The molecule has 3 aliphatic rings. The van der Waals surface area contributed by atoms with Crippen molar-refractivity contribution < 1.29 is 43.4 Å². The molecule has 0 N–H and O–H groups in total. The van der Waals surface area contributed by atoms with Crippen LogP contribution in [0, 0.1) is 62.3 Å². The van der Waals surface area contributed by atoms with Crippen LogP contribution in [0.2, 0.25) is 0 Å². The van der Waals surface area contributed by atoms with Gasteiger partial charge >= 0.3 is 0 Å². The van der Waals surface area contributed by atoms with Crippen molar-refractivity contribution in [2.45, 2.75) is 178 Å². The number of aromatic nitrogens is 6. The van der Waals surface area contributed by atoms with Crippen molar-refractivity contribution >= 4 is 17.9 Å². The summed E-state index contributed by atoms with van der Waals surface area (Å²) >= 11 is 0. The van der Waals surface area contributed by atoms with Gasteiger partial charge in [-0.05, 0) is 194 Å². The SMILES string of the molecule is CC(=O)[O-].CC(=O)[O-].CC(=O)[O-].Cc1cc(C)c(-n2cc[n+](-c3c(C)cc(C)cc3C)c2)c(C)c1.Cc1cc(C)c(-n2cc[n+](C3CCCC3)c2)c(C)c1.c1c[n+](C2CCCC2)cn1C1CCCC1. The van der Waals surface area contributed by atoms with Gasteiger partial charge in [-0.2, -0.15) is 0 Å². The minimum absolute atomic E-state index is 0.715. The lowest BCUT2D eigenvalue weighted by Gasteiger charge is -2.08. The van der Waals surface area contributed by atoms with Gasteiger partial charge in [-0.25, -0.2) is 27.4 Å². The number of hydrogen-bond donors (Lipinski definition) is 0. The first-order valence-corrected chi connectivity index (χ1v) is 24.7. The lowest BCUT2D eigenvalue weighted by molar-refractivity contribution is -0.721. The predicted octanol–water partition coefficient (Wildman–Crippen LogP) is 7.68. The molecule has 0 bridgehead atoms. The molecule has 3 fully saturated rings. The van der Waals surface area contributed by atoms with Crippen LogP contribution in [0.1, 0.15) is 166 Å². The highest BCUT2D eigenvalue weighted by Crippen LogP contribution is 2.30. The molecule has 3 aliphatic carbocycles. The molecule has 3 saturated carbocycles. The smallest absolute Gasteiger partial charge is 0.254 e. The third-order valence-corrected chi connectivity index (χ3v) is 12.9. The number of carbonyl (C=O) groups is 3. The van der Waals surface area contributed by atoms with Crippen molar-refractivity contribution in [3.63, 3.8) is 0 Å². The maximum atomic E-state index is 8.89. The van der Waals surface area contributed by atoms with Gasteiger partial charge in [0.05, 0.1) is 0 Å². The molecule has 6 aromatic rings. The topological polar surface area (TPSA) is 147 Å². The van der Waals surface area contributed by atoms with Gasteiger partial charge < -0.3 is 29.7 Å². The Morgan fingerprint density at radius 1 is 0.449 bits per heavy atom. The number of aliphatic carboxylic acids is 3. The van der Waals surface area contributed by atoms with Gasteiger partial charge in [0.1, 0.15) is 72.4 Å². The van der Waals surface area contributed by atoms with Crippen molar-refractivity contribution in [2.75, 3.05) is 0 Å². The molecule has 3 aromatic heterocycles. The van der Waals surface area contributed by atoms with E-state index in [1.54, 1.807) is 0 Å². The number of carboxylic acids is 3. The number of benzene rings is 3. The van der Waals surface area contributed by atoms with Gasteiger partial charge in [-0.3, -0.25) is 0 Å². The molecule has 0 radical (unpaired) electrons. The molecule has 12 nitrogen and oxygen atoms in total. The molecule has 0 spiro atoms. The van der Waals surface area contributed by atoms with E-state index < -0.39 is 17.9 Å². The number of carbonyl (C=O) groups excluding carboxylic acids is 3. The van der Waals surface area contributed by atoms with Crippen LogP contribution in [0.4, 0.5) is 0 Å². The Hall–Kier alpha value is -6.30. The Morgan fingerprint density at radius 3 is 1.17 bits per heavy atom. The summed E-state index contributed by atoms with van der Waals surface area (Å²) in [7, 11) is 0. The summed E-state index contributed by atoms with van der Waals surface area (Å²) in [6.45, 7) is 22.5. The Morgan fingerprint density at radius 2 is 0.768 bits per heavy atom. The van der Waals surface area contributed by atoms with E-state index in [0.717, 1.165) is 32.9 Å². The normalized spacial score (nSPS) is 14.4. The first-order chi connectivity index (χ1) is 32.6. The lowest BCUT2D eigenvalue weighted by Crippen LogP contribution is -2.35. The van der Waals surface area contributed by atoms with Crippen LogP contribution in [-0.4, -0.2) is 31.6 Å². The fourth-order valence-corrected chi connectivity index (χ4v) is 10.5. The second-order valence-electron chi connectivity index (χ2n) is 19.3. The average Bonchev–Trinajstić information content (AvgIpc) is 4.08. The van der Waals surface area contributed by atoms with E-state index >= 15 is 0 Å². The molecule has 0 amide bonds. The third kappa shape index (κ3) is 17.0. The van der Waals surface area contributed by atoms with Crippen LogP contribution >= 0.6 is 0 Å². The fourth-order valence-electron chi connectivity index (χ4n) is 10.5. The second kappa shape index (κ2) is 26.5. The molecule has 9 rings (SSSR count). The van der Waals surface area contributed by atoms with Crippen molar-refractivity contribution in [3.05, 3.63) is 143 Å². The Kier molecular flexibility index (Phi) is 21.2. The highest BCUT2D eigenvalue weighted by Gasteiger charge is 2.26. The lowest BCUT2D eigenvalue weighted by atomic mass is 10.0. The molecule has 3 aromatic carbocycles. The highest BCUT2D eigenvalue weighted by molar-refractivity contribution is 5.60. The molecule has 12 heteroatoms. The summed E-state index contributed by atoms with van der Waals surface area (Å²) in [5.74, 6) is -3.25. The number of hydrogen-bond acceptors (Lipinski definition) is 6. The van der Waals surface area contributed by atoms with Crippen LogP contribution in [-0.2, 0) is 14.4 Å². The van der Waals surface area contributed by atoms with Crippen molar-refractivity contribution in [1.82, 2.24) is 13.7 Å². The highest BCUT2D eigenvalue weighted by atomic mass is 16.4. The fraction of sp³-hybridized carbons (Fsp3) is 0.474. The number of carboxylic acid groups (broad SMARTS) is 3. The molecular weight excluding hydrogens is 865 g/mol. The van der Waals surface area contributed by atoms with Gasteiger partial charge in [0.25, 0.3) is 6.33 Å². The van der Waals surface area contributed by atoms with Crippen LogP contribution in [0.25, 0.3) is 17.1 Å². The maximum absolute atomic E-state index is 8.89. The van der Waals surface area contributed by atoms with E-state index in [9.17, 15) is 0 Å². The van der Waals surface area contributed by atoms with Gasteiger partial charge in [-0.1, -0.05) is 53.1 Å². The van der Waals surface area contributed by atoms with E-state index in [-0.39, 0.29) is 0 Å². The number of imidazole rings is 3. The molecule has 0 unspecified atom stereocenters. The summed E-state index contributed by atoms with van der Waals surface area (Å²) in [6.07, 6.45) is 36.8. The van der Waals surface area contributed by atoms with E-state index in [4.69, 9.17) is 29.7 Å². The minimum atomic E-state index is -1.08. The summed E-state index contributed by atoms with van der Waals surface area (Å²) < 4.78 is 14.0. The second-order valence-corrected chi connectivity index (χ2v) is 19.3. The average molecular weight is 943 g/mol. The molecule has 372 valence electrons. The summed E-state index contributed by atoms with van der Waals surface area (Å²) in [4.78, 5) is 26.7. The van der Waals surface area contributed by atoms with Crippen LogP contribution in [0.3, 0.4) is 0 Å². The van der Waals surface area contributed by atoms with E-state index in [1.807, 2.05) is 0 Å². The predicted molar refractivity (Wildman–Crippen MR) is 265 cm³/mol. The Bertz CT molecular complexity index is 2400. The zero-order valence-corrected chi connectivity index (χ0v) is 43.5. The van der Waals surface area contributed by atoms with Gasteiger partial charge in [0, 0.05) is 17.9 Å². The van der Waals surface area contributed by atoms with E-state index in [0.29, 0.717) is 6.04 Å². The number of nitrogens with zero attached hydrogens (tertiary/aromatic N) is 6. The van der Waals surface area contributed by atoms with Crippen LogP contribution < -0.4 is 29.0 Å². The number of rotatable bonds is 6. The largest absolute Gasteiger partial charge is 0.550 e. The Balaban J connectivity index is 0.000000204. The molecular formula is C57H78N6O6. The zero-order chi connectivity index (χ0) is 50.9. The van der Waals surface area contributed by atoms with Crippen molar-refractivity contribution in [2.24, 2.45) is 0 Å². The molecule has 0 aliphatic heterocycles. The van der Waals surface area contributed by atoms with Gasteiger partial charge in [-0.15, -0.1) is 0 Å². The summed E-state index contributed by atoms with van der Waals surface area (Å²) in [5, 5.41) is 26.7. The Labute approximate surface area is 411 Å². The van der Waals surface area contributed by atoms with E-state index in [2.05, 4.69) is 182 Å². The van der Waals surface area contributed by atoms with Gasteiger partial charge in [0.2, 0.25) is 12.7 Å².